The summed E-state index contributed by atoms with van der Waals surface area (Å²) in [6, 6.07) is 6.14. The monoisotopic (exact) mass is 264 g/mol. The summed E-state index contributed by atoms with van der Waals surface area (Å²) in [7, 11) is 0. The zero-order valence-electron chi connectivity index (χ0n) is 10.8. The third-order valence-electron chi connectivity index (χ3n) is 2.25. The maximum atomic E-state index is 11.4. The van der Waals surface area contributed by atoms with Gasteiger partial charge in [0.15, 0.2) is 0 Å². The van der Waals surface area contributed by atoms with Crippen molar-refractivity contribution in [3.63, 3.8) is 0 Å². The Morgan fingerprint density at radius 2 is 1.74 bits per heavy atom. The van der Waals surface area contributed by atoms with E-state index in [4.69, 9.17) is 9.47 Å². The molecule has 0 saturated heterocycles. The van der Waals surface area contributed by atoms with Crippen molar-refractivity contribution in [3.8, 4) is 5.75 Å². The summed E-state index contributed by atoms with van der Waals surface area (Å²) in [6.45, 7) is 2.26. The van der Waals surface area contributed by atoms with Gasteiger partial charge in [0.1, 0.15) is 12.0 Å². The fourth-order valence-electron chi connectivity index (χ4n) is 1.29. The lowest BCUT2D eigenvalue weighted by Gasteiger charge is -2.04. The molecule has 0 spiro atoms. The molecule has 1 aromatic rings. The van der Waals surface area contributed by atoms with Crippen molar-refractivity contribution in [1.29, 1.82) is 0 Å². The summed E-state index contributed by atoms with van der Waals surface area (Å²) in [5.41, 5.74) is 0.503. The van der Waals surface area contributed by atoms with E-state index >= 15 is 0 Å². The van der Waals surface area contributed by atoms with Gasteiger partial charge >= 0.3 is 11.9 Å². The lowest BCUT2D eigenvalue weighted by atomic mass is 10.2. The number of hydrogen-bond acceptors (Lipinski definition) is 5. The van der Waals surface area contributed by atoms with Crippen LogP contribution in [-0.4, -0.2) is 24.8 Å². The van der Waals surface area contributed by atoms with Gasteiger partial charge in [0.2, 0.25) is 0 Å². The van der Waals surface area contributed by atoms with Crippen LogP contribution in [0, 0.1) is 0 Å². The fraction of sp³-hybridized carbons (Fsp3) is 0.357. The van der Waals surface area contributed by atoms with Crippen LogP contribution in [0.15, 0.2) is 24.3 Å². The van der Waals surface area contributed by atoms with Gasteiger partial charge in [-0.05, 0) is 30.7 Å². The highest BCUT2D eigenvalue weighted by molar-refractivity contribution is 5.79. The molecule has 1 rings (SSSR count). The van der Waals surface area contributed by atoms with Gasteiger partial charge in [-0.15, -0.1) is 0 Å². The average molecular weight is 264 g/mol. The molecule has 0 aliphatic rings. The van der Waals surface area contributed by atoms with Crippen LogP contribution in [-0.2, 0) is 14.3 Å². The SMILES string of the molecule is CCCOC(=O)CCC(=O)Oc1ccc(C=O)cc1. The minimum Gasteiger partial charge on any atom is -0.466 e. The Balaban J connectivity index is 2.34. The largest absolute Gasteiger partial charge is 0.466 e. The van der Waals surface area contributed by atoms with Crippen molar-refractivity contribution >= 4 is 18.2 Å². The minimum absolute atomic E-state index is 0.00521. The number of aldehydes is 1. The Labute approximate surface area is 111 Å². The quantitative estimate of drug-likeness (QED) is 0.428. The van der Waals surface area contributed by atoms with Gasteiger partial charge in [0.05, 0.1) is 19.4 Å². The molecular weight excluding hydrogens is 248 g/mol. The van der Waals surface area contributed by atoms with Crippen LogP contribution < -0.4 is 4.74 Å². The summed E-state index contributed by atoms with van der Waals surface area (Å²) >= 11 is 0. The molecule has 102 valence electrons. The van der Waals surface area contributed by atoms with E-state index in [0.717, 1.165) is 6.42 Å². The smallest absolute Gasteiger partial charge is 0.311 e. The Morgan fingerprint density at radius 1 is 1.11 bits per heavy atom. The van der Waals surface area contributed by atoms with E-state index in [1.54, 1.807) is 12.1 Å². The molecule has 0 unspecified atom stereocenters. The van der Waals surface area contributed by atoms with Crippen LogP contribution in [0.4, 0.5) is 0 Å². The molecule has 0 aliphatic heterocycles. The molecule has 0 heterocycles. The van der Waals surface area contributed by atoms with Gasteiger partial charge in [0.25, 0.3) is 0 Å². The molecule has 0 aliphatic carbocycles. The number of benzene rings is 1. The molecule has 5 heteroatoms. The van der Waals surface area contributed by atoms with E-state index in [1.165, 1.54) is 12.1 Å². The molecule has 0 bridgehead atoms. The molecular formula is C14H16O5. The predicted octanol–water partition coefficient (Wildman–Crippen LogP) is 2.14. The molecule has 5 nitrogen and oxygen atoms in total. The zero-order chi connectivity index (χ0) is 14.1. The van der Waals surface area contributed by atoms with Crippen LogP contribution >= 0.6 is 0 Å². The van der Waals surface area contributed by atoms with Gasteiger partial charge in [-0.3, -0.25) is 14.4 Å². The maximum absolute atomic E-state index is 11.4. The molecule has 0 N–H and O–H groups in total. The van der Waals surface area contributed by atoms with Crippen molar-refractivity contribution in [2.45, 2.75) is 26.2 Å². The van der Waals surface area contributed by atoms with Gasteiger partial charge in [0, 0.05) is 5.56 Å². The second kappa shape index (κ2) is 8.02. The first-order valence-corrected chi connectivity index (χ1v) is 6.07. The third-order valence-corrected chi connectivity index (χ3v) is 2.25. The topological polar surface area (TPSA) is 69.7 Å². The normalized spacial score (nSPS) is 9.74. The molecule has 19 heavy (non-hydrogen) atoms. The van der Waals surface area contributed by atoms with E-state index in [-0.39, 0.29) is 12.8 Å². The number of carbonyl (C=O) groups is 3. The molecule has 0 atom stereocenters. The van der Waals surface area contributed by atoms with Crippen molar-refractivity contribution in [3.05, 3.63) is 29.8 Å². The van der Waals surface area contributed by atoms with Gasteiger partial charge in [-0.25, -0.2) is 0 Å². The highest BCUT2D eigenvalue weighted by atomic mass is 16.5. The number of hydrogen-bond donors (Lipinski definition) is 0. The molecule has 0 aromatic heterocycles. The Bertz CT molecular complexity index is 436. The van der Waals surface area contributed by atoms with E-state index in [1.807, 2.05) is 6.92 Å². The Hall–Kier alpha value is -2.17. The van der Waals surface area contributed by atoms with Crippen molar-refractivity contribution in [2.75, 3.05) is 6.61 Å². The number of esters is 2. The summed E-state index contributed by atoms with van der Waals surface area (Å²) in [6.07, 6.45) is 1.43. The molecule has 0 saturated carbocycles. The Morgan fingerprint density at radius 3 is 2.32 bits per heavy atom. The standard InChI is InChI=1S/C14H16O5/c1-2-9-18-13(16)7-8-14(17)19-12-5-3-11(10-15)4-6-12/h3-6,10H,2,7-9H2,1H3. The zero-order valence-corrected chi connectivity index (χ0v) is 10.8. The first-order valence-electron chi connectivity index (χ1n) is 6.07. The number of carbonyl (C=O) groups excluding carboxylic acids is 3. The van der Waals surface area contributed by atoms with Crippen molar-refractivity contribution in [2.24, 2.45) is 0 Å². The van der Waals surface area contributed by atoms with E-state index in [2.05, 4.69) is 0 Å². The maximum Gasteiger partial charge on any atom is 0.311 e. The minimum atomic E-state index is -0.507. The highest BCUT2D eigenvalue weighted by Crippen LogP contribution is 2.12. The molecule has 0 radical (unpaired) electrons. The predicted molar refractivity (Wildman–Crippen MR) is 67.9 cm³/mol. The van der Waals surface area contributed by atoms with Crippen molar-refractivity contribution < 1.29 is 23.9 Å². The molecule has 0 amide bonds. The summed E-state index contributed by atoms with van der Waals surface area (Å²) < 4.78 is 9.84. The summed E-state index contributed by atoms with van der Waals surface area (Å²) in [4.78, 5) is 33.1. The average Bonchev–Trinajstić information content (AvgIpc) is 2.43. The number of ether oxygens (including phenoxy) is 2. The van der Waals surface area contributed by atoms with Gasteiger partial charge < -0.3 is 9.47 Å². The van der Waals surface area contributed by atoms with Crippen LogP contribution in [0.5, 0.6) is 5.75 Å². The first kappa shape index (κ1) is 14.9. The summed E-state index contributed by atoms with van der Waals surface area (Å²) in [5, 5.41) is 0. The van der Waals surface area contributed by atoms with Crippen LogP contribution in [0.1, 0.15) is 36.5 Å². The Kier molecular flexibility index (Phi) is 6.29. The molecule has 1 aromatic carbocycles. The molecule has 0 fully saturated rings. The highest BCUT2D eigenvalue weighted by Gasteiger charge is 2.09. The van der Waals surface area contributed by atoms with Gasteiger partial charge in [-0.1, -0.05) is 6.92 Å². The van der Waals surface area contributed by atoms with E-state index < -0.39 is 11.9 Å². The van der Waals surface area contributed by atoms with Crippen molar-refractivity contribution in [1.82, 2.24) is 0 Å². The van der Waals surface area contributed by atoms with E-state index in [9.17, 15) is 14.4 Å². The van der Waals surface area contributed by atoms with Crippen LogP contribution in [0.2, 0.25) is 0 Å². The lowest BCUT2D eigenvalue weighted by molar-refractivity contribution is -0.146. The van der Waals surface area contributed by atoms with Crippen LogP contribution in [0.25, 0.3) is 0 Å². The third kappa shape index (κ3) is 5.81. The number of rotatable bonds is 7. The summed E-state index contributed by atoms with van der Waals surface area (Å²) in [5.74, 6) is -0.570. The first-order chi connectivity index (χ1) is 9.15. The fourth-order valence-corrected chi connectivity index (χ4v) is 1.29. The lowest BCUT2D eigenvalue weighted by Crippen LogP contribution is -2.12. The second-order valence-electron chi connectivity index (χ2n) is 3.88. The van der Waals surface area contributed by atoms with E-state index in [0.29, 0.717) is 24.2 Å². The van der Waals surface area contributed by atoms with Crippen LogP contribution in [0.3, 0.4) is 0 Å². The second-order valence-corrected chi connectivity index (χ2v) is 3.88. The van der Waals surface area contributed by atoms with Gasteiger partial charge in [-0.2, -0.15) is 0 Å².